The quantitative estimate of drug-likeness (QED) is 0.106. The van der Waals surface area contributed by atoms with Crippen LogP contribution in [0.25, 0.3) is 16.1 Å². The summed E-state index contributed by atoms with van der Waals surface area (Å²) in [6, 6.07) is 24.4. The number of hydrogen-bond donors (Lipinski definition) is 2. The maximum absolute atomic E-state index is 14.4. The predicted octanol–water partition coefficient (Wildman–Crippen LogP) is 9.04. The molecule has 3 aromatic carbocycles. The molecule has 16 heteroatoms. The van der Waals surface area contributed by atoms with Crippen molar-refractivity contribution in [2.45, 2.75) is 117 Å². The molecule has 3 aromatic heterocycles. The lowest BCUT2D eigenvalue weighted by Gasteiger charge is -2.41. The molecule has 0 unspecified atom stereocenters. The van der Waals surface area contributed by atoms with Crippen molar-refractivity contribution < 1.29 is 24.0 Å². The molecule has 6 aromatic rings. The Kier molecular flexibility index (Phi) is 16.2. The van der Waals surface area contributed by atoms with E-state index in [9.17, 15) is 24.8 Å². The van der Waals surface area contributed by atoms with E-state index in [0.29, 0.717) is 47.1 Å². The molecule has 3 fully saturated rings. The normalized spacial score (nSPS) is 18.5. The molecule has 384 valence electrons. The Morgan fingerprint density at radius 1 is 0.932 bits per heavy atom. The van der Waals surface area contributed by atoms with Crippen molar-refractivity contribution in [3.05, 3.63) is 140 Å². The van der Waals surface area contributed by atoms with E-state index >= 15 is 0 Å². The molecule has 0 radical (unpaired) electrons. The standard InChI is InChI=1S/C58H64ClN9O5S/c1-35(2)55(53-27-36(3)64-73-53)58(72)67-33-48(69)30-52(67)57(71)62-51(43-13-15-44(16-14-43)56-38(5)61-34-74-56)31-54(70)66-25-21-46(22-26-66)65-23-19-41(20-24-65)8-7-40-9-11-42(12-10-40)28-49-37(4)63-68(39(49)6)47-18-17-45(32-60)50(59)29-47/h9-18,27,29,34-35,41,46,48,51-52,55,69H,19-26,28,30-31,33H2,1-6H3,(H,62,71)/t48-,51+,52+,55-/m1/s1. The van der Waals surface area contributed by atoms with Gasteiger partial charge in [-0.3, -0.25) is 14.4 Å². The first-order chi connectivity index (χ1) is 35.6. The highest BCUT2D eigenvalue weighted by atomic mass is 35.5. The number of amides is 3. The van der Waals surface area contributed by atoms with Crippen molar-refractivity contribution >= 4 is 40.7 Å². The largest absolute Gasteiger partial charge is 0.391 e. The molecule has 0 spiro atoms. The molecule has 0 aliphatic carbocycles. The summed E-state index contributed by atoms with van der Waals surface area (Å²) >= 11 is 7.89. The third-order valence-electron chi connectivity index (χ3n) is 15.1. The van der Waals surface area contributed by atoms with E-state index in [0.717, 1.165) is 95.1 Å². The molecule has 74 heavy (non-hydrogen) atoms. The number of aliphatic hydroxyl groups is 1. The van der Waals surface area contributed by atoms with Gasteiger partial charge in [-0.15, -0.1) is 11.3 Å². The smallest absolute Gasteiger partial charge is 0.243 e. The molecule has 0 bridgehead atoms. The molecule has 6 heterocycles. The van der Waals surface area contributed by atoms with Crippen LogP contribution in [0.5, 0.6) is 0 Å². The van der Waals surface area contributed by atoms with Gasteiger partial charge in [0.25, 0.3) is 0 Å². The van der Waals surface area contributed by atoms with Crippen LogP contribution in [0, 0.1) is 62.7 Å². The summed E-state index contributed by atoms with van der Waals surface area (Å²) in [5, 5.41) is 32.5. The number of benzene rings is 3. The number of aromatic nitrogens is 4. The van der Waals surface area contributed by atoms with E-state index < -0.39 is 30.0 Å². The molecule has 9 rings (SSSR count). The van der Waals surface area contributed by atoms with Gasteiger partial charge in [0, 0.05) is 67.3 Å². The molecule has 3 saturated heterocycles. The zero-order valence-electron chi connectivity index (χ0n) is 43.0. The first-order valence-electron chi connectivity index (χ1n) is 25.7. The van der Waals surface area contributed by atoms with Crippen LogP contribution in [0.2, 0.25) is 5.02 Å². The van der Waals surface area contributed by atoms with Crippen molar-refractivity contribution in [3.63, 3.8) is 0 Å². The lowest BCUT2D eigenvalue weighted by molar-refractivity contribution is -0.141. The summed E-state index contributed by atoms with van der Waals surface area (Å²) in [5.74, 6) is 6.18. The Bertz CT molecular complexity index is 3090. The van der Waals surface area contributed by atoms with Crippen LogP contribution in [-0.2, 0) is 20.8 Å². The summed E-state index contributed by atoms with van der Waals surface area (Å²) in [4.78, 5) is 54.3. The van der Waals surface area contributed by atoms with Crippen LogP contribution in [0.1, 0.15) is 121 Å². The fourth-order valence-electron chi connectivity index (χ4n) is 10.9. The number of thiazole rings is 1. The van der Waals surface area contributed by atoms with Gasteiger partial charge >= 0.3 is 0 Å². The molecule has 4 atom stereocenters. The van der Waals surface area contributed by atoms with Crippen LogP contribution in [0.3, 0.4) is 0 Å². The topological polar surface area (TPSA) is 174 Å². The summed E-state index contributed by atoms with van der Waals surface area (Å²) in [7, 11) is 0. The first-order valence-corrected chi connectivity index (χ1v) is 27.0. The number of rotatable bonds is 13. The Labute approximate surface area is 442 Å². The molecule has 3 aliphatic rings. The molecule has 0 saturated carbocycles. The number of piperidine rings is 2. The van der Waals surface area contributed by atoms with Crippen molar-refractivity contribution in [2.75, 3.05) is 32.7 Å². The van der Waals surface area contributed by atoms with Gasteiger partial charge < -0.3 is 29.6 Å². The summed E-state index contributed by atoms with van der Waals surface area (Å²) in [5.41, 5.74) is 11.8. The van der Waals surface area contributed by atoms with Gasteiger partial charge in [-0.2, -0.15) is 10.4 Å². The van der Waals surface area contributed by atoms with Crippen LogP contribution in [-0.4, -0.2) is 108 Å². The number of aliphatic hydroxyl groups excluding tert-OH is 1. The van der Waals surface area contributed by atoms with E-state index in [4.69, 9.17) is 21.2 Å². The number of aryl methyl sites for hydroxylation is 3. The Morgan fingerprint density at radius 2 is 1.66 bits per heavy atom. The first kappa shape index (κ1) is 52.3. The van der Waals surface area contributed by atoms with E-state index in [1.54, 1.807) is 36.5 Å². The number of nitrogens with one attached hydrogen (secondary N) is 1. The van der Waals surface area contributed by atoms with E-state index in [2.05, 4.69) is 69.5 Å². The minimum atomic E-state index is -0.926. The average molecular weight is 1030 g/mol. The van der Waals surface area contributed by atoms with Crippen molar-refractivity contribution in [1.29, 1.82) is 5.26 Å². The Hall–Kier alpha value is -6.62. The van der Waals surface area contributed by atoms with E-state index in [1.165, 1.54) is 10.5 Å². The van der Waals surface area contributed by atoms with Crippen LogP contribution in [0.15, 0.2) is 82.8 Å². The minimum Gasteiger partial charge on any atom is -0.391 e. The lowest BCUT2D eigenvalue weighted by atomic mass is 9.91. The summed E-state index contributed by atoms with van der Waals surface area (Å²) in [6.07, 6.45) is 3.75. The van der Waals surface area contributed by atoms with Gasteiger partial charge in [0.15, 0.2) is 0 Å². The number of halogens is 1. The molecule has 14 nitrogen and oxygen atoms in total. The van der Waals surface area contributed by atoms with Crippen molar-refractivity contribution in [1.82, 2.24) is 39.9 Å². The maximum Gasteiger partial charge on any atom is 0.243 e. The average Bonchev–Trinajstić information content (AvgIpc) is 4.20. The number of carbonyl (C=O) groups excluding carboxylic acids is 3. The Morgan fingerprint density at radius 3 is 2.30 bits per heavy atom. The highest BCUT2D eigenvalue weighted by Gasteiger charge is 2.44. The molecular formula is C58H64ClN9O5S. The third-order valence-corrected chi connectivity index (χ3v) is 16.4. The van der Waals surface area contributed by atoms with Gasteiger partial charge in [0.1, 0.15) is 23.8 Å². The number of carbonyl (C=O) groups is 3. The van der Waals surface area contributed by atoms with Gasteiger partial charge in [0.05, 0.1) is 62.3 Å². The van der Waals surface area contributed by atoms with Gasteiger partial charge in [-0.25, -0.2) is 9.67 Å². The van der Waals surface area contributed by atoms with Gasteiger partial charge in [-0.1, -0.05) is 78.8 Å². The highest BCUT2D eigenvalue weighted by molar-refractivity contribution is 7.13. The number of nitrogens with zero attached hydrogens (tertiary/aromatic N) is 8. The van der Waals surface area contributed by atoms with Crippen LogP contribution >= 0.6 is 22.9 Å². The fraction of sp³-hybridized carbons (Fsp3) is 0.431. The number of likely N-dealkylation sites (tertiary alicyclic amines) is 3. The molecular weight excluding hydrogens is 970 g/mol. The van der Waals surface area contributed by atoms with Crippen molar-refractivity contribution in [3.8, 4) is 34.0 Å². The minimum absolute atomic E-state index is 0.0198. The lowest BCUT2D eigenvalue weighted by Crippen LogP contribution is -2.50. The number of β-amino-alcohol motifs (C(OH)–C–C–N with tert-alkyl or cyclic N) is 1. The maximum atomic E-state index is 14.4. The van der Waals surface area contributed by atoms with Gasteiger partial charge in [0.2, 0.25) is 17.7 Å². The number of hydrogen-bond acceptors (Lipinski definition) is 11. The van der Waals surface area contributed by atoms with Crippen LogP contribution < -0.4 is 5.32 Å². The van der Waals surface area contributed by atoms with Gasteiger partial charge in [-0.05, 0) is 119 Å². The SMILES string of the molecule is Cc1cc([C@H](C(=O)N2C[C@H](O)C[C@H]2C(=O)N[C@@H](CC(=O)N2CCC(N3CCC(C#Cc4ccc(Cc5c(C)nn(-c6ccc(C#N)c(Cl)c6)c5C)cc4)CC3)CC2)c2ccc(-c3scnc3C)cc2)C(C)C)on1. The summed E-state index contributed by atoms with van der Waals surface area (Å²) in [6.45, 7) is 14.9. The predicted molar refractivity (Wildman–Crippen MR) is 286 cm³/mol. The molecule has 2 N–H and O–H groups in total. The number of nitriles is 1. The highest BCUT2D eigenvalue weighted by Crippen LogP contribution is 2.34. The second-order valence-electron chi connectivity index (χ2n) is 20.5. The fourth-order valence-corrected chi connectivity index (χ4v) is 11.9. The van der Waals surface area contributed by atoms with E-state index in [1.807, 2.05) is 73.1 Å². The third kappa shape index (κ3) is 11.7. The zero-order chi connectivity index (χ0) is 52.2. The summed E-state index contributed by atoms with van der Waals surface area (Å²) < 4.78 is 7.43. The molecule has 3 amide bonds. The van der Waals surface area contributed by atoms with E-state index in [-0.39, 0.29) is 37.1 Å². The Balaban J connectivity index is 0.790. The second kappa shape index (κ2) is 22.9. The monoisotopic (exact) mass is 1030 g/mol. The van der Waals surface area contributed by atoms with Crippen LogP contribution in [0.4, 0.5) is 0 Å². The zero-order valence-corrected chi connectivity index (χ0v) is 44.5. The van der Waals surface area contributed by atoms with Crippen molar-refractivity contribution in [2.24, 2.45) is 11.8 Å². The molecule has 3 aliphatic heterocycles. The second-order valence-corrected chi connectivity index (χ2v) is 21.8.